The van der Waals surface area contributed by atoms with Crippen LogP contribution >= 0.6 is 0 Å². The van der Waals surface area contributed by atoms with Gasteiger partial charge in [-0.15, -0.1) is 0 Å². The first-order valence-electron chi connectivity index (χ1n) is 7.60. The molecule has 0 atom stereocenters. The second kappa shape index (κ2) is 6.12. The van der Waals surface area contributed by atoms with Gasteiger partial charge in [0.15, 0.2) is 5.82 Å². The van der Waals surface area contributed by atoms with E-state index in [4.69, 9.17) is 0 Å². The Morgan fingerprint density at radius 2 is 1.96 bits per heavy atom. The normalized spacial score (nSPS) is 11.0. The summed E-state index contributed by atoms with van der Waals surface area (Å²) in [6.45, 7) is 4.74. The smallest absolute Gasteiger partial charge is 0.309 e. The van der Waals surface area contributed by atoms with E-state index in [1.807, 2.05) is 38.1 Å². The number of imidazole rings is 1. The van der Waals surface area contributed by atoms with Crippen LogP contribution in [0.1, 0.15) is 19.0 Å². The Labute approximate surface area is 132 Å². The number of nitrogens with zero attached hydrogens (tertiary/aromatic N) is 3. The van der Waals surface area contributed by atoms with Crippen molar-refractivity contribution in [2.75, 3.05) is 5.32 Å². The highest BCUT2D eigenvalue weighted by Gasteiger charge is 2.13. The number of H-pyrrole nitrogens is 1. The van der Waals surface area contributed by atoms with Gasteiger partial charge in [0.2, 0.25) is 5.91 Å². The number of fused-ring (bicyclic) bond motifs is 1. The molecule has 0 bridgehead atoms. The quantitative estimate of drug-likeness (QED) is 0.754. The van der Waals surface area contributed by atoms with E-state index in [2.05, 4.69) is 15.5 Å². The van der Waals surface area contributed by atoms with Crippen molar-refractivity contribution >= 4 is 22.8 Å². The number of aromatic nitrogens is 4. The number of aryl methyl sites for hydroxylation is 3. The summed E-state index contributed by atoms with van der Waals surface area (Å²) >= 11 is 0. The van der Waals surface area contributed by atoms with Gasteiger partial charge >= 0.3 is 5.69 Å². The van der Waals surface area contributed by atoms with E-state index in [-0.39, 0.29) is 18.0 Å². The fraction of sp³-hybridized carbons (Fsp3) is 0.312. The Balaban J connectivity index is 1.78. The number of nitrogens with one attached hydrogen (secondary N) is 2. The van der Waals surface area contributed by atoms with Crippen LogP contribution in [0.3, 0.4) is 0 Å². The van der Waals surface area contributed by atoms with Crippen LogP contribution in [0.25, 0.3) is 11.0 Å². The van der Waals surface area contributed by atoms with Gasteiger partial charge in [-0.2, -0.15) is 5.10 Å². The Kier molecular flexibility index (Phi) is 4.01. The van der Waals surface area contributed by atoms with E-state index < -0.39 is 0 Å². The van der Waals surface area contributed by atoms with Gasteiger partial charge in [0.05, 0.1) is 11.0 Å². The lowest BCUT2D eigenvalue weighted by Crippen LogP contribution is -2.25. The molecule has 0 aliphatic heterocycles. The van der Waals surface area contributed by atoms with Crippen molar-refractivity contribution in [2.45, 2.75) is 33.4 Å². The van der Waals surface area contributed by atoms with E-state index in [0.717, 1.165) is 16.7 Å². The molecule has 23 heavy (non-hydrogen) atoms. The number of hydrogen-bond acceptors (Lipinski definition) is 3. The number of aromatic amines is 1. The molecule has 1 aromatic carbocycles. The third kappa shape index (κ3) is 2.90. The summed E-state index contributed by atoms with van der Waals surface area (Å²) in [4.78, 5) is 24.5. The number of amides is 1. The average Bonchev–Trinajstić information content (AvgIpc) is 3.05. The molecule has 2 aromatic heterocycles. The van der Waals surface area contributed by atoms with Gasteiger partial charge in [-0.3, -0.25) is 19.0 Å². The highest BCUT2D eigenvalue weighted by Crippen LogP contribution is 2.13. The number of para-hydroxylation sites is 2. The third-order valence-electron chi connectivity index (χ3n) is 3.78. The molecular weight excluding hydrogens is 294 g/mol. The van der Waals surface area contributed by atoms with Crippen molar-refractivity contribution in [1.82, 2.24) is 19.3 Å². The van der Waals surface area contributed by atoms with Gasteiger partial charge in [0.1, 0.15) is 0 Å². The summed E-state index contributed by atoms with van der Waals surface area (Å²) in [5.74, 6) is 0.326. The number of carbonyl (C=O) groups is 1. The van der Waals surface area contributed by atoms with Crippen molar-refractivity contribution in [1.29, 1.82) is 0 Å². The maximum absolute atomic E-state index is 12.5. The molecule has 0 saturated heterocycles. The Hall–Kier alpha value is -2.83. The first-order chi connectivity index (χ1) is 11.1. The zero-order valence-electron chi connectivity index (χ0n) is 13.2. The minimum Gasteiger partial charge on any atom is -0.309 e. The van der Waals surface area contributed by atoms with Crippen LogP contribution in [0.15, 0.2) is 35.1 Å². The molecule has 3 aromatic rings. The molecule has 7 nitrogen and oxygen atoms in total. The first-order valence-corrected chi connectivity index (χ1v) is 7.60. The van der Waals surface area contributed by atoms with Crippen molar-refractivity contribution < 1.29 is 4.79 Å². The van der Waals surface area contributed by atoms with E-state index in [1.165, 1.54) is 0 Å². The molecule has 7 heteroatoms. The van der Waals surface area contributed by atoms with Crippen LogP contribution in [-0.2, 0) is 17.9 Å². The van der Waals surface area contributed by atoms with Gasteiger partial charge in [0, 0.05) is 31.3 Å². The summed E-state index contributed by atoms with van der Waals surface area (Å²) in [7, 11) is 0. The number of rotatable bonds is 5. The predicted octanol–water partition coefficient (Wildman–Crippen LogP) is 1.88. The number of benzene rings is 1. The monoisotopic (exact) mass is 313 g/mol. The van der Waals surface area contributed by atoms with Gasteiger partial charge in [0.25, 0.3) is 0 Å². The summed E-state index contributed by atoms with van der Waals surface area (Å²) in [6.07, 6.45) is 0.212. The fourth-order valence-corrected chi connectivity index (χ4v) is 2.69. The second-order valence-corrected chi connectivity index (χ2v) is 5.40. The van der Waals surface area contributed by atoms with Crippen LogP contribution in [0.5, 0.6) is 0 Å². The predicted molar refractivity (Wildman–Crippen MR) is 88.4 cm³/mol. The number of anilines is 1. The number of hydrogen-bond donors (Lipinski definition) is 2. The zero-order chi connectivity index (χ0) is 16.4. The van der Waals surface area contributed by atoms with Gasteiger partial charge in [-0.1, -0.05) is 12.1 Å². The third-order valence-corrected chi connectivity index (χ3v) is 3.78. The minimum absolute atomic E-state index is 0.0860. The van der Waals surface area contributed by atoms with Crippen LogP contribution < -0.4 is 11.0 Å². The van der Waals surface area contributed by atoms with Crippen molar-refractivity contribution in [3.63, 3.8) is 0 Å². The molecule has 0 fully saturated rings. The van der Waals surface area contributed by atoms with Gasteiger partial charge in [-0.25, -0.2) is 4.79 Å². The van der Waals surface area contributed by atoms with E-state index in [1.54, 1.807) is 15.2 Å². The first kappa shape index (κ1) is 15.1. The topological polar surface area (TPSA) is 84.7 Å². The maximum Gasteiger partial charge on any atom is 0.329 e. The largest absolute Gasteiger partial charge is 0.329 e. The van der Waals surface area contributed by atoms with Gasteiger partial charge in [-0.05, 0) is 26.0 Å². The summed E-state index contributed by atoms with van der Waals surface area (Å²) in [5.41, 5.74) is 2.53. The SMILES string of the molecule is CCn1c(=O)n(CCC(=O)Nc2cc(C)[nH]n2)c2ccccc21. The average molecular weight is 313 g/mol. The van der Waals surface area contributed by atoms with Crippen LogP contribution in [0, 0.1) is 6.92 Å². The maximum atomic E-state index is 12.5. The lowest BCUT2D eigenvalue weighted by Gasteiger charge is -2.03. The number of carbonyl (C=O) groups excluding carboxylic acids is 1. The van der Waals surface area contributed by atoms with Gasteiger partial charge < -0.3 is 5.32 Å². The van der Waals surface area contributed by atoms with Crippen molar-refractivity contribution in [3.05, 3.63) is 46.5 Å². The molecule has 120 valence electrons. The molecule has 2 N–H and O–H groups in total. The highest BCUT2D eigenvalue weighted by molar-refractivity contribution is 5.89. The lowest BCUT2D eigenvalue weighted by atomic mass is 10.3. The summed E-state index contributed by atoms with van der Waals surface area (Å²) in [5, 5.41) is 9.45. The Bertz CT molecular complexity index is 903. The Morgan fingerprint density at radius 3 is 2.57 bits per heavy atom. The second-order valence-electron chi connectivity index (χ2n) is 5.40. The van der Waals surface area contributed by atoms with Crippen LogP contribution in [0.2, 0.25) is 0 Å². The lowest BCUT2D eigenvalue weighted by molar-refractivity contribution is -0.116. The van der Waals surface area contributed by atoms with Crippen LogP contribution in [-0.4, -0.2) is 25.2 Å². The molecule has 0 aliphatic carbocycles. The van der Waals surface area contributed by atoms with Crippen molar-refractivity contribution in [3.8, 4) is 0 Å². The van der Waals surface area contributed by atoms with E-state index in [9.17, 15) is 9.59 Å². The molecular formula is C16H19N5O2. The standard InChI is InChI=1S/C16H19N5O2/c1-3-20-12-6-4-5-7-13(12)21(16(20)23)9-8-15(22)17-14-10-11(2)18-19-14/h4-7,10H,3,8-9H2,1-2H3,(H2,17,18,19,22). The van der Waals surface area contributed by atoms with E-state index in [0.29, 0.717) is 18.9 Å². The summed E-state index contributed by atoms with van der Waals surface area (Å²) < 4.78 is 3.36. The van der Waals surface area contributed by atoms with E-state index >= 15 is 0 Å². The van der Waals surface area contributed by atoms with Crippen LogP contribution in [0.4, 0.5) is 5.82 Å². The fourth-order valence-electron chi connectivity index (χ4n) is 2.69. The molecule has 0 saturated carbocycles. The minimum atomic E-state index is -0.170. The molecule has 1 amide bonds. The zero-order valence-corrected chi connectivity index (χ0v) is 13.2. The molecule has 2 heterocycles. The Morgan fingerprint density at radius 1 is 1.26 bits per heavy atom. The molecule has 0 unspecified atom stereocenters. The molecule has 0 aliphatic rings. The summed E-state index contributed by atoms with van der Waals surface area (Å²) in [6, 6.07) is 9.38. The highest BCUT2D eigenvalue weighted by atomic mass is 16.2. The molecule has 0 spiro atoms. The van der Waals surface area contributed by atoms with Crippen molar-refractivity contribution in [2.24, 2.45) is 0 Å². The molecule has 0 radical (unpaired) electrons. The molecule has 3 rings (SSSR count).